The molecule has 10 rings (SSSR count). The number of para-hydroxylation sites is 2. The van der Waals surface area contributed by atoms with Crippen LogP contribution in [0.25, 0.3) is 96.1 Å². The van der Waals surface area contributed by atoms with Gasteiger partial charge >= 0.3 is 0 Å². The molecule has 0 atom stereocenters. The highest BCUT2D eigenvalue weighted by molar-refractivity contribution is 7.29. The van der Waals surface area contributed by atoms with Gasteiger partial charge in [0, 0.05) is 52.8 Å². The quantitative estimate of drug-likeness (QED) is 0.202. The monoisotopic (exact) mass is 598 g/mol. The molecule has 0 spiro atoms. The molecule has 206 valence electrons. The summed E-state index contributed by atoms with van der Waals surface area (Å²) in [4.78, 5) is 2.60. The summed E-state index contributed by atoms with van der Waals surface area (Å²) in [7, 11) is 0. The van der Waals surface area contributed by atoms with E-state index in [1.807, 2.05) is 46.9 Å². The van der Waals surface area contributed by atoms with Crippen LogP contribution in [0.1, 0.15) is 0 Å². The minimum Gasteiger partial charge on any atom is -0.456 e. The lowest BCUT2D eigenvalue weighted by molar-refractivity contribution is 0.668. The van der Waals surface area contributed by atoms with E-state index in [0.29, 0.717) is 0 Å². The fraction of sp³-hybridized carbons (Fsp3) is 0. The highest BCUT2D eigenvalue weighted by Gasteiger charge is 2.24. The first-order valence-corrected chi connectivity index (χ1v) is 16.3. The Labute approximate surface area is 260 Å². The molecule has 0 aliphatic heterocycles. The molecule has 4 heteroatoms. The van der Waals surface area contributed by atoms with Crippen molar-refractivity contribution >= 4 is 86.7 Å². The molecule has 4 aromatic heterocycles. The molecule has 0 unspecified atom stereocenters. The van der Waals surface area contributed by atoms with Crippen molar-refractivity contribution in [2.45, 2.75) is 0 Å². The molecular formula is C40H22O2S2. The standard InChI is InChI=1S/C40H22O2S2/c1-5-13-31-25(9-1)29-21-23(17-19-33(29)41-31)37-27-11-3-7-15-35(27)43-39(37)40-38(28-12-4-8-16-36(28)44-40)24-18-20-34-30(22-24)26-10-2-6-14-32(26)42-34/h1-22H. The summed E-state index contributed by atoms with van der Waals surface area (Å²) in [6.07, 6.45) is 0. The zero-order valence-electron chi connectivity index (χ0n) is 23.3. The maximum atomic E-state index is 6.20. The fourth-order valence-electron chi connectivity index (χ4n) is 6.75. The SMILES string of the molecule is c1ccc2c(c1)oc1ccc(-c3c(-c4sc5ccccc5c4-c4ccc5oc6ccccc6c5c4)sc4ccccc34)cc12. The molecule has 0 saturated carbocycles. The molecule has 4 heterocycles. The number of fused-ring (bicyclic) bond motifs is 8. The molecule has 0 saturated heterocycles. The Morgan fingerprint density at radius 2 is 0.727 bits per heavy atom. The van der Waals surface area contributed by atoms with Gasteiger partial charge in [-0.3, -0.25) is 0 Å². The molecule has 10 aromatic rings. The first-order valence-electron chi connectivity index (χ1n) is 14.7. The van der Waals surface area contributed by atoms with Gasteiger partial charge in [-0.25, -0.2) is 0 Å². The molecule has 0 fully saturated rings. The van der Waals surface area contributed by atoms with Crippen molar-refractivity contribution in [3.63, 3.8) is 0 Å². The molecule has 0 aliphatic carbocycles. The van der Waals surface area contributed by atoms with Gasteiger partial charge in [-0.05, 0) is 59.7 Å². The van der Waals surface area contributed by atoms with Crippen molar-refractivity contribution in [1.29, 1.82) is 0 Å². The molecule has 2 nitrogen and oxygen atoms in total. The van der Waals surface area contributed by atoms with Gasteiger partial charge < -0.3 is 8.83 Å². The first-order chi connectivity index (χ1) is 21.8. The summed E-state index contributed by atoms with van der Waals surface area (Å²) in [5.74, 6) is 0. The van der Waals surface area contributed by atoms with Crippen LogP contribution in [-0.2, 0) is 0 Å². The van der Waals surface area contributed by atoms with Crippen LogP contribution in [0.5, 0.6) is 0 Å². The minimum absolute atomic E-state index is 0.916. The Hall–Kier alpha value is -5.16. The second-order valence-corrected chi connectivity index (χ2v) is 13.3. The number of benzene rings is 6. The van der Waals surface area contributed by atoms with Gasteiger partial charge in [-0.15, -0.1) is 22.7 Å². The highest BCUT2D eigenvalue weighted by Crippen LogP contribution is 2.53. The van der Waals surface area contributed by atoms with Gasteiger partial charge in [0.1, 0.15) is 22.3 Å². The Balaban J connectivity index is 1.28. The van der Waals surface area contributed by atoms with Crippen molar-refractivity contribution < 1.29 is 8.83 Å². The molecule has 0 bridgehead atoms. The van der Waals surface area contributed by atoms with E-state index in [2.05, 4.69) is 109 Å². The van der Waals surface area contributed by atoms with Crippen LogP contribution in [0.4, 0.5) is 0 Å². The molecule has 0 aliphatic rings. The van der Waals surface area contributed by atoms with E-state index in [0.717, 1.165) is 43.9 Å². The number of hydrogen-bond acceptors (Lipinski definition) is 4. The predicted molar refractivity (Wildman–Crippen MR) is 188 cm³/mol. The summed E-state index contributed by atoms with van der Waals surface area (Å²) in [5.41, 5.74) is 8.64. The van der Waals surface area contributed by atoms with E-state index in [1.165, 1.54) is 52.2 Å². The second kappa shape index (κ2) is 9.17. The smallest absolute Gasteiger partial charge is 0.135 e. The van der Waals surface area contributed by atoms with Gasteiger partial charge in [0.2, 0.25) is 0 Å². The van der Waals surface area contributed by atoms with E-state index in [-0.39, 0.29) is 0 Å². The van der Waals surface area contributed by atoms with Crippen LogP contribution in [0.2, 0.25) is 0 Å². The van der Waals surface area contributed by atoms with Gasteiger partial charge in [0.25, 0.3) is 0 Å². The largest absolute Gasteiger partial charge is 0.456 e. The summed E-state index contributed by atoms with van der Waals surface area (Å²) < 4.78 is 15.0. The van der Waals surface area contributed by atoms with E-state index in [1.54, 1.807) is 0 Å². The van der Waals surface area contributed by atoms with Crippen molar-refractivity contribution in [3.05, 3.63) is 133 Å². The third kappa shape index (κ3) is 3.47. The van der Waals surface area contributed by atoms with E-state index >= 15 is 0 Å². The maximum Gasteiger partial charge on any atom is 0.135 e. The fourth-order valence-corrected chi connectivity index (χ4v) is 9.34. The average molecular weight is 599 g/mol. The normalized spacial score (nSPS) is 12.1. The van der Waals surface area contributed by atoms with Crippen LogP contribution in [0.3, 0.4) is 0 Å². The summed E-state index contributed by atoms with van der Waals surface area (Å²) in [5, 5.41) is 7.14. The predicted octanol–water partition coefficient (Wildman–Crippen LogP) is 12.9. The molecule has 44 heavy (non-hydrogen) atoms. The third-order valence-corrected chi connectivity index (χ3v) is 11.2. The van der Waals surface area contributed by atoms with Crippen LogP contribution in [-0.4, -0.2) is 0 Å². The summed E-state index contributed by atoms with van der Waals surface area (Å²) >= 11 is 3.77. The maximum absolute atomic E-state index is 6.20. The van der Waals surface area contributed by atoms with Gasteiger partial charge in [-0.2, -0.15) is 0 Å². The minimum atomic E-state index is 0.916. The topological polar surface area (TPSA) is 26.3 Å². The molecule has 0 N–H and O–H groups in total. The summed E-state index contributed by atoms with van der Waals surface area (Å²) in [6.45, 7) is 0. The third-order valence-electron chi connectivity index (χ3n) is 8.73. The van der Waals surface area contributed by atoms with Gasteiger partial charge in [-0.1, -0.05) is 84.9 Å². The molecular weight excluding hydrogens is 577 g/mol. The van der Waals surface area contributed by atoms with Gasteiger partial charge in [0.05, 0.1) is 9.75 Å². The zero-order valence-corrected chi connectivity index (χ0v) is 25.0. The number of furan rings is 2. The second-order valence-electron chi connectivity index (χ2n) is 11.2. The Kier molecular flexibility index (Phi) is 5.06. The molecule has 6 aromatic carbocycles. The highest BCUT2D eigenvalue weighted by atomic mass is 32.1. The van der Waals surface area contributed by atoms with Crippen molar-refractivity contribution in [1.82, 2.24) is 0 Å². The van der Waals surface area contributed by atoms with E-state index in [9.17, 15) is 0 Å². The van der Waals surface area contributed by atoms with E-state index in [4.69, 9.17) is 8.83 Å². The van der Waals surface area contributed by atoms with Crippen LogP contribution in [0.15, 0.2) is 142 Å². The Morgan fingerprint density at radius 3 is 1.20 bits per heavy atom. The zero-order chi connectivity index (χ0) is 28.8. The lowest BCUT2D eigenvalue weighted by atomic mass is 9.95. The van der Waals surface area contributed by atoms with E-state index < -0.39 is 0 Å². The van der Waals surface area contributed by atoms with Crippen LogP contribution < -0.4 is 0 Å². The average Bonchev–Trinajstić information content (AvgIpc) is 3.83. The number of rotatable bonds is 3. The number of hydrogen-bond donors (Lipinski definition) is 0. The van der Waals surface area contributed by atoms with Crippen molar-refractivity contribution in [2.24, 2.45) is 0 Å². The van der Waals surface area contributed by atoms with Crippen molar-refractivity contribution in [3.8, 4) is 32.0 Å². The molecule has 0 radical (unpaired) electrons. The summed E-state index contributed by atoms with van der Waals surface area (Å²) in [6, 6.07) is 47.6. The Bertz CT molecular complexity index is 2540. The number of thiophene rings is 2. The van der Waals surface area contributed by atoms with Crippen LogP contribution in [0, 0.1) is 0 Å². The molecule has 0 amide bonds. The van der Waals surface area contributed by atoms with Crippen molar-refractivity contribution in [2.75, 3.05) is 0 Å². The Morgan fingerprint density at radius 1 is 0.341 bits per heavy atom. The lowest BCUT2D eigenvalue weighted by Gasteiger charge is -2.09. The van der Waals surface area contributed by atoms with Gasteiger partial charge in [0.15, 0.2) is 0 Å². The lowest BCUT2D eigenvalue weighted by Crippen LogP contribution is -1.83. The van der Waals surface area contributed by atoms with Crippen LogP contribution >= 0.6 is 22.7 Å². The first kappa shape index (κ1) is 24.3.